The van der Waals surface area contributed by atoms with Gasteiger partial charge in [-0.1, -0.05) is 6.92 Å². The second-order valence-corrected chi connectivity index (χ2v) is 6.59. The molecule has 0 bridgehead atoms. The predicted molar refractivity (Wildman–Crippen MR) is 70.7 cm³/mol. The summed E-state index contributed by atoms with van der Waals surface area (Å²) in [5.74, 6) is 0.179. The summed E-state index contributed by atoms with van der Waals surface area (Å²) in [5.41, 5.74) is -0.461. The number of hydrogen-bond acceptors (Lipinski definition) is 4. The van der Waals surface area contributed by atoms with Crippen LogP contribution in [-0.2, 0) is 14.8 Å². The van der Waals surface area contributed by atoms with Gasteiger partial charge >= 0.3 is 0 Å². The van der Waals surface area contributed by atoms with Crippen molar-refractivity contribution in [2.45, 2.75) is 39.2 Å². The maximum atomic E-state index is 11.6. The second-order valence-electron chi connectivity index (χ2n) is 4.66. The molecule has 0 rings (SSSR count). The molecule has 0 aliphatic carbocycles. The van der Waals surface area contributed by atoms with E-state index in [-0.39, 0.29) is 5.75 Å². The Bertz CT molecular complexity index is 289. The monoisotopic (exact) mass is 266 g/mol. The minimum atomic E-state index is -3.17. The molecule has 0 aliphatic rings. The lowest BCUT2D eigenvalue weighted by molar-refractivity contribution is 0.0276. The van der Waals surface area contributed by atoms with Gasteiger partial charge in [0, 0.05) is 13.7 Å². The van der Waals surface area contributed by atoms with Crippen molar-refractivity contribution in [3.8, 4) is 0 Å². The molecule has 0 aromatic carbocycles. The Balaban J connectivity index is 3.81. The lowest BCUT2D eigenvalue weighted by atomic mass is 10.1. The largest absolute Gasteiger partial charge is 0.377 e. The third kappa shape index (κ3) is 9.52. The molecule has 2 N–H and O–H groups in total. The van der Waals surface area contributed by atoms with Crippen molar-refractivity contribution < 1.29 is 13.2 Å². The van der Waals surface area contributed by atoms with Gasteiger partial charge in [0.15, 0.2) is 0 Å². The van der Waals surface area contributed by atoms with Crippen molar-refractivity contribution in [3.05, 3.63) is 0 Å². The normalized spacial score (nSPS) is 12.9. The first kappa shape index (κ1) is 16.8. The van der Waals surface area contributed by atoms with Crippen LogP contribution in [0.1, 0.15) is 33.6 Å². The molecule has 0 aliphatic heterocycles. The summed E-state index contributed by atoms with van der Waals surface area (Å²) in [5, 5.41) is 3.16. The van der Waals surface area contributed by atoms with Gasteiger partial charge < -0.3 is 10.1 Å². The summed E-state index contributed by atoms with van der Waals surface area (Å²) >= 11 is 0. The van der Waals surface area contributed by atoms with E-state index < -0.39 is 15.6 Å². The number of hydrogen-bond donors (Lipinski definition) is 2. The zero-order chi connectivity index (χ0) is 13.4. The highest BCUT2D eigenvalue weighted by Gasteiger charge is 2.19. The zero-order valence-corrected chi connectivity index (χ0v) is 12.2. The van der Waals surface area contributed by atoms with Gasteiger partial charge in [0.05, 0.1) is 11.4 Å². The van der Waals surface area contributed by atoms with E-state index in [1.165, 1.54) is 0 Å². The van der Waals surface area contributed by atoms with Crippen LogP contribution in [0.2, 0.25) is 0 Å². The molecule has 104 valence electrons. The van der Waals surface area contributed by atoms with Gasteiger partial charge in [-0.2, -0.15) is 0 Å². The number of ether oxygens (including phenoxy) is 1. The van der Waals surface area contributed by atoms with Gasteiger partial charge in [-0.25, -0.2) is 13.1 Å². The summed E-state index contributed by atoms with van der Waals surface area (Å²) in [6.45, 7) is 7.83. The Labute approximate surface area is 105 Å². The molecule has 0 aromatic rings. The van der Waals surface area contributed by atoms with Gasteiger partial charge in [-0.15, -0.1) is 0 Å². The maximum absolute atomic E-state index is 11.6. The highest BCUT2D eigenvalue weighted by Crippen LogP contribution is 2.06. The van der Waals surface area contributed by atoms with Crippen molar-refractivity contribution in [2.75, 3.05) is 32.5 Å². The van der Waals surface area contributed by atoms with Crippen molar-refractivity contribution in [1.29, 1.82) is 0 Å². The van der Waals surface area contributed by atoms with Crippen molar-refractivity contribution in [3.63, 3.8) is 0 Å². The van der Waals surface area contributed by atoms with Crippen LogP contribution in [0, 0.1) is 0 Å². The van der Waals surface area contributed by atoms with E-state index in [0.717, 1.165) is 19.5 Å². The van der Waals surface area contributed by atoms with E-state index in [0.29, 0.717) is 13.0 Å². The Morgan fingerprint density at radius 1 is 1.24 bits per heavy atom. The molecule has 0 fully saturated rings. The van der Waals surface area contributed by atoms with Crippen LogP contribution in [0.15, 0.2) is 0 Å². The number of sulfonamides is 1. The molecule has 6 heteroatoms. The molecule has 0 radical (unpaired) electrons. The minimum Gasteiger partial charge on any atom is -0.377 e. The van der Waals surface area contributed by atoms with Crippen LogP contribution < -0.4 is 10.0 Å². The highest BCUT2D eigenvalue weighted by molar-refractivity contribution is 7.89. The van der Waals surface area contributed by atoms with E-state index in [9.17, 15) is 8.42 Å². The van der Waals surface area contributed by atoms with Crippen molar-refractivity contribution >= 4 is 10.0 Å². The molecule has 17 heavy (non-hydrogen) atoms. The van der Waals surface area contributed by atoms with Gasteiger partial charge in [-0.3, -0.25) is 0 Å². The lowest BCUT2D eigenvalue weighted by Crippen LogP contribution is -2.40. The smallest absolute Gasteiger partial charge is 0.211 e. The molecule has 0 spiro atoms. The standard InChI is InChI=1S/C11H26N2O3S/c1-5-12-8-6-7-9-17(14,15)13-10-11(2,3)16-4/h12-13H,5-10H2,1-4H3. The minimum absolute atomic E-state index is 0.179. The van der Waals surface area contributed by atoms with Crippen LogP contribution in [0.5, 0.6) is 0 Å². The molecular formula is C11H26N2O3S. The topological polar surface area (TPSA) is 67.4 Å². The summed E-state index contributed by atoms with van der Waals surface area (Å²) in [7, 11) is -1.60. The van der Waals surface area contributed by atoms with E-state index in [4.69, 9.17) is 4.74 Å². The third-order valence-corrected chi connectivity index (χ3v) is 3.95. The fourth-order valence-corrected chi connectivity index (χ4v) is 2.44. The van der Waals surface area contributed by atoms with Crippen molar-refractivity contribution in [1.82, 2.24) is 10.0 Å². The summed E-state index contributed by atoms with van der Waals surface area (Å²) in [4.78, 5) is 0. The van der Waals surface area contributed by atoms with Gasteiger partial charge in [0.1, 0.15) is 0 Å². The van der Waals surface area contributed by atoms with E-state index in [1.807, 2.05) is 20.8 Å². The zero-order valence-electron chi connectivity index (χ0n) is 11.4. The molecule has 0 aromatic heterocycles. The second kappa shape index (κ2) is 8.02. The molecule has 0 heterocycles. The Kier molecular flexibility index (Phi) is 7.94. The van der Waals surface area contributed by atoms with Gasteiger partial charge in [0.2, 0.25) is 10.0 Å². The van der Waals surface area contributed by atoms with Gasteiger partial charge in [0.25, 0.3) is 0 Å². The Morgan fingerprint density at radius 3 is 2.41 bits per heavy atom. The molecule has 0 amide bonds. The fourth-order valence-electron chi connectivity index (χ4n) is 1.15. The molecular weight excluding hydrogens is 240 g/mol. The Morgan fingerprint density at radius 2 is 1.88 bits per heavy atom. The number of rotatable bonds is 10. The van der Waals surface area contributed by atoms with E-state index in [1.54, 1.807) is 7.11 Å². The quantitative estimate of drug-likeness (QED) is 0.572. The average Bonchev–Trinajstić information content (AvgIpc) is 2.27. The first-order valence-electron chi connectivity index (χ1n) is 6.06. The van der Waals surface area contributed by atoms with Crippen LogP contribution in [0.3, 0.4) is 0 Å². The first-order chi connectivity index (χ1) is 7.83. The maximum Gasteiger partial charge on any atom is 0.211 e. The molecule has 5 nitrogen and oxygen atoms in total. The lowest BCUT2D eigenvalue weighted by Gasteiger charge is -2.23. The molecule has 0 saturated heterocycles. The molecule has 0 atom stereocenters. The van der Waals surface area contributed by atoms with Crippen molar-refractivity contribution in [2.24, 2.45) is 0 Å². The Hall–Kier alpha value is -0.170. The third-order valence-electron chi connectivity index (χ3n) is 2.54. The highest BCUT2D eigenvalue weighted by atomic mass is 32.2. The first-order valence-corrected chi connectivity index (χ1v) is 7.71. The van der Waals surface area contributed by atoms with Crippen LogP contribution in [-0.4, -0.2) is 46.5 Å². The summed E-state index contributed by atoms with van der Waals surface area (Å²) in [6.07, 6.45) is 1.55. The fraction of sp³-hybridized carbons (Fsp3) is 1.00. The number of unbranched alkanes of at least 4 members (excludes halogenated alkanes) is 1. The van der Waals surface area contributed by atoms with E-state index >= 15 is 0 Å². The number of methoxy groups -OCH3 is 1. The van der Waals surface area contributed by atoms with Crippen LogP contribution in [0.4, 0.5) is 0 Å². The van der Waals surface area contributed by atoms with E-state index in [2.05, 4.69) is 10.0 Å². The molecule has 0 unspecified atom stereocenters. The summed E-state index contributed by atoms with van der Waals surface area (Å²) in [6, 6.07) is 0. The van der Waals surface area contributed by atoms with Crippen LogP contribution in [0.25, 0.3) is 0 Å². The SMILES string of the molecule is CCNCCCCS(=O)(=O)NCC(C)(C)OC. The van der Waals surface area contributed by atoms with Gasteiger partial charge in [-0.05, 0) is 39.8 Å². The summed E-state index contributed by atoms with van der Waals surface area (Å²) < 4.78 is 31.0. The number of nitrogens with one attached hydrogen (secondary N) is 2. The van der Waals surface area contributed by atoms with Crippen LogP contribution >= 0.6 is 0 Å². The average molecular weight is 266 g/mol. The predicted octanol–water partition coefficient (Wildman–Crippen LogP) is 0.721. The molecule has 0 saturated carbocycles.